The van der Waals surface area contributed by atoms with Gasteiger partial charge in [0.2, 0.25) is 10.0 Å². The van der Waals surface area contributed by atoms with Crippen LogP contribution in [0.4, 0.5) is 18.3 Å². The Morgan fingerprint density at radius 3 is 2.06 bits per heavy atom. The molecular formula is C22H22F3N3O5S2. The fourth-order valence-corrected chi connectivity index (χ4v) is 5.89. The van der Waals surface area contributed by atoms with Gasteiger partial charge in [0.25, 0.3) is 0 Å². The highest BCUT2D eigenvalue weighted by atomic mass is 32.2. The summed E-state index contributed by atoms with van der Waals surface area (Å²) in [5.41, 5.74) is 1.58. The van der Waals surface area contributed by atoms with Gasteiger partial charge < -0.3 is 19.1 Å². The fourth-order valence-electron chi connectivity index (χ4n) is 3.58. The van der Waals surface area contributed by atoms with Crippen molar-refractivity contribution in [2.75, 3.05) is 45.3 Å². The van der Waals surface area contributed by atoms with E-state index < -0.39 is 22.1 Å². The molecule has 2 heterocycles. The van der Waals surface area contributed by atoms with E-state index in [0.717, 1.165) is 40.7 Å². The number of ether oxygens (including phenoxy) is 3. The number of anilines is 1. The zero-order chi connectivity index (χ0) is 25.2. The number of benzene rings is 2. The maximum absolute atomic E-state index is 12.9. The molecular weight excluding hydrogens is 507 g/mol. The van der Waals surface area contributed by atoms with E-state index in [9.17, 15) is 21.6 Å². The first-order valence-corrected chi connectivity index (χ1v) is 12.7. The molecule has 0 atom stereocenters. The maximum atomic E-state index is 12.9. The standard InChI is InChI=1S/C22H22F3N3O5S2/c1-31-17-11-15(12-18(13-17)32-2)20-14-34-21(26-20)27-7-9-28(10-8-27)35(29,30)19-5-3-16(4-6-19)33-22(23,24)25/h3-6,11-14H,7-10H2,1-2H3. The van der Waals surface area contributed by atoms with Gasteiger partial charge in [0.15, 0.2) is 5.13 Å². The van der Waals surface area contributed by atoms with Gasteiger partial charge in [-0.15, -0.1) is 24.5 Å². The van der Waals surface area contributed by atoms with Crippen LogP contribution in [0.5, 0.6) is 17.2 Å². The highest BCUT2D eigenvalue weighted by Gasteiger charge is 2.32. The molecule has 0 bridgehead atoms. The highest BCUT2D eigenvalue weighted by Crippen LogP contribution is 2.33. The summed E-state index contributed by atoms with van der Waals surface area (Å²) in [6.45, 7) is 1.27. The molecule has 0 spiro atoms. The predicted octanol–water partition coefficient (Wildman–Crippen LogP) is 4.24. The number of sulfonamides is 1. The van der Waals surface area contributed by atoms with Crippen molar-refractivity contribution < 1.29 is 35.8 Å². The lowest BCUT2D eigenvalue weighted by Gasteiger charge is -2.33. The van der Waals surface area contributed by atoms with Crippen LogP contribution >= 0.6 is 11.3 Å². The first-order chi connectivity index (χ1) is 16.6. The van der Waals surface area contributed by atoms with Gasteiger partial charge in [0.1, 0.15) is 17.2 Å². The molecule has 1 aliphatic heterocycles. The minimum Gasteiger partial charge on any atom is -0.497 e. The van der Waals surface area contributed by atoms with Crippen LogP contribution in [0.3, 0.4) is 0 Å². The van der Waals surface area contributed by atoms with Gasteiger partial charge in [-0.25, -0.2) is 13.4 Å². The quantitative estimate of drug-likeness (QED) is 0.453. The second kappa shape index (κ2) is 9.91. The number of piperazine rings is 1. The van der Waals surface area contributed by atoms with Crippen LogP contribution in [0.2, 0.25) is 0 Å². The molecule has 0 aliphatic carbocycles. The van der Waals surface area contributed by atoms with Crippen LogP contribution in [-0.2, 0) is 10.0 Å². The molecule has 2 aromatic carbocycles. The maximum Gasteiger partial charge on any atom is 0.573 e. The van der Waals surface area contributed by atoms with Crippen LogP contribution in [0.15, 0.2) is 52.7 Å². The van der Waals surface area contributed by atoms with Crippen molar-refractivity contribution in [3.8, 4) is 28.5 Å². The third-order valence-electron chi connectivity index (χ3n) is 5.34. The molecule has 0 radical (unpaired) electrons. The Morgan fingerprint density at radius 2 is 1.51 bits per heavy atom. The first kappa shape index (κ1) is 25.1. The predicted molar refractivity (Wildman–Crippen MR) is 125 cm³/mol. The van der Waals surface area contributed by atoms with Crippen molar-refractivity contribution in [1.29, 1.82) is 0 Å². The summed E-state index contributed by atoms with van der Waals surface area (Å²) in [5, 5.41) is 2.67. The van der Waals surface area contributed by atoms with Crippen LogP contribution in [0.25, 0.3) is 11.3 Å². The van der Waals surface area contributed by atoms with E-state index in [4.69, 9.17) is 14.5 Å². The Morgan fingerprint density at radius 1 is 0.914 bits per heavy atom. The molecule has 4 rings (SSSR count). The summed E-state index contributed by atoms with van der Waals surface area (Å²) in [6, 6.07) is 9.68. The zero-order valence-corrected chi connectivity index (χ0v) is 20.4. The molecule has 1 aliphatic rings. The van der Waals surface area contributed by atoms with E-state index in [1.54, 1.807) is 20.3 Å². The summed E-state index contributed by atoms with van der Waals surface area (Å²) in [4.78, 5) is 6.60. The zero-order valence-electron chi connectivity index (χ0n) is 18.8. The van der Waals surface area contributed by atoms with E-state index >= 15 is 0 Å². The Labute approximate surface area is 204 Å². The molecule has 0 amide bonds. The van der Waals surface area contributed by atoms with Crippen LogP contribution in [0.1, 0.15) is 0 Å². The molecule has 35 heavy (non-hydrogen) atoms. The molecule has 188 valence electrons. The van der Waals surface area contributed by atoms with Crippen LogP contribution < -0.4 is 19.1 Å². The topological polar surface area (TPSA) is 81.2 Å². The van der Waals surface area contributed by atoms with Gasteiger partial charge in [0, 0.05) is 43.2 Å². The van der Waals surface area contributed by atoms with Crippen molar-refractivity contribution in [2.24, 2.45) is 0 Å². The molecule has 0 unspecified atom stereocenters. The fraction of sp³-hybridized carbons (Fsp3) is 0.318. The summed E-state index contributed by atoms with van der Waals surface area (Å²) in [7, 11) is -0.711. The number of rotatable bonds is 7. The highest BCUT2D eigenvalue weighted by molar-refractivity contribution is 7.89. The van der Waals surface area contributed by atoms with Gasteiger partial charge in [-0.2, -0.15) is 4.31 Å². The molecule has 8 nitrogen and oxygen atoms in total. The lowest BCUT2D eigenvalue weighted by Crippen LogP contribution is -2.48. The molecule has 0 N–H and O–H groups in total. The molecule has 13 heteroatoms. The van der Waals surface area contributed by atoms with Gasteiger partial charge >= 0.3 is 6.36 Å². The van der Waals surface area contributed by atoms with E-state index in [1.807, 2.05) is 22.4 Å². The summed E-state index contributed by atoms with van der Waals surface area (Å²) in [5.74, 6) is 0.811. The van der Waals surface area contributed by atoms with Gasteiger partial charge in [-0.1, -0.05) is 0 Å². The number of aromatic nitrogens is 1. The molecule has 1 saturated heterocycles. The van der Waals surface area contributed by atoms with E-state index in [1.165, 1.54) is 15.6 Å². The average molecular weight is 530 g/mol. The second-order valence-electron chi connectivity index (χ2n) is 7.53. The smallest absolute Gasteiger partial charge is 0.497 e. The number of hydrogen-bond donors (Lipinski definition) is 0. The molecule has 1 aromatic heterocycles. The number of alkyl halides is 3. The summed E-state index contributed by atoms with van der Waals surface area (Å²) < 4.78 is 78.7. The van der Waals surface area contributed by atoms with Gasteiger partial charge in [-0.3, -0.25) is 0 Å². The summed E-state index contributed by atoms with van der Waals surface area (Å²) >= 11 is 1.45. The van der Waals surface area contributed by atoms with Crippen molar-refractivity contribution in [3.05, 3.63) is 47.8 Å². The van der Waals surface area contributed by atoms with Crippen molar-refractivity contribution in [2.45, 2.75) is 11.3 Å². The third kappa shape index (κ3) is 5.80. The number of halogens is 3. The second-order valence-corrected chi connectivity index (χ2v) is 10.3. The van der Waals surface area contributed by atoms with E-state index in [-0.39, 0.29) is 18.0 Å². The third-order valence-corrected chi connectivity index (χ3v) is 8.16. The number of thiazole rings is 1. The van der Waals surface area contributed by atoms with Crippen molar-refractivity contribution in [1.82, 2.24) is 9.29 Å². The SMILES string of the molecule is COc1cc(OC)cc(-c2csc(N3CCN(S(=O)(=O)c4ccc(OC(F)(F)F)cc4)CC3)n2)c1. The van der Waals surface area contributed by atoms with E-state index in [0.29, 0.717) is 24.6 Å². The molecule has 1 fully saturated rings. The Bertz CT molecular complexity index is 1250. The van der Waals surface area contributed by atoms with E-state index in [2.05, 4.69) is 4.74 Å². The number of methoxy groups -OCH3 is 2. The molecule has 3 aromatic rings. The van der Waals surface area contributed by atoms with Crippen LogP contribution in [0, 0.1) is 0 Å². The Hall–Kier alpha value is -3.03. The average Bonchev–Trinajstić information content (AvgIpc) is 3.33. The molecule has 0 saturated carbocycles. The number of hydrogen-bond acceptors (Lipinski definition) is 8. The lowest BCUT2D eigenvalue weighted by atomic mass is 10.1. The minimum absolute atomic E-state index is 0.0935. The lowest BCUT2D eigenvalue weighted by molar-refractivity contribution is -0.274. The van der Waals surface area contributed by atoms with Gasteiger partial charge in [-0.05, 0) is 36.4 Å². The minimum atomic E-state index is -4.84. The monoisotopic (exact) mass is 529 g/mol. The Kier molecular flexibility index (Phi) is 7.10. The Balaban J connectivity index is 1.42. The van der Waals surface area contributed by atoms with Gasteiger partial charge in [0.05, 0.1) is 24.8 Å². The van der Waals surface area contributed by atoms with Crippen molar-refractivity contribution in [3.63, 3.8) is 0 Å². The largest absolute Gasteiger partial charge is 0.573 e. The summed E-state index contributed by atoms with van der Waals surface area (Å²) in [6.07, 6.45) is -4.84. The van der Waals surface area contributed by atoms with Crippen LogP contribution in [-0.4, -0.2) is 64.5 Å². The normalized spacial score (nSPS) is 15.2. The first-order valence-electron chi connectivity index (χ1n) is 10.4. The van der Waals surface area contributed by atoms with Crippen molar-refractivity contribution >= 4 is 26.5 Å². The number of nitrogens with zero attached hydrogens (tertiary/aromatic N) is 3.